The highest BCUT2D eigenvalue weighted by molar-refractivity contribution is 6.76. The minimum Gasteiger partial charge on any atom is -0.316 e. The van der Waals surface area contributed by atoms with Crippen LogP contribution in [-0.4, -0.2) is 21.2 Å². The third kappa shape index (κ3) is 8.51. The van der Waals surface area contributed by atoms with E-state index in [1.807, 2.05) is 0 Å². The van der Waals surface area contributed by atoms with E-state index < -0.39 is 8.07 Å². The van der Waals surface area contributed by atoms with E-state index in [-0.39, 0.29) is 0 Å². The maximum Gasteiger partial charge on any atom is 0.0448 e. The maximum absolute atomic E-state index is 3.52. The molecule has 0 heterocycles. The summed E-state index contributed by atoms with van der Waals surface area (Å²) in [6, 6.07) is 1.41. The molecule has 0 saturated heterocycles. The Labute approximate surface area is 85.3 Å². The normalized spacial score (nSPS) is 13.4. The van der Waals surface area contributed by atoms with E-state index in [1.165, 1.54) is 19.0 Å². The van der Waals surface area contributed by atoms with Crippen LogP contribution in [-0.2, 0) is 0 Å². The van der Waals surface area contributed by atoms with E-state index >= 15 is 0 Å². The van der Waals surface area contributed by atoms with E-state index in [0.29, 0.717) is 5.41 Å². The Morgan fingerprint density at radius 3 is 2.08 bits per heavy atom. The van der Waals surface area contributed by atoms with Crippen molar-refractivity contribution in [3.05, 3.63) is 0 Å². The van der Waals surface area contributed by atoms with Gasteiger partial charge in [0, 0.05) is 8.07 Å². The van der Waals surface area contributed by atoms with Crippen LogP contribution in [0.1, 0.15) is 27.2 Å². The minimum absolute atomic E-state index is 0.486. The second kappa shape index (κ2) is 5.16. The van der Waals surface area contributed by atoms with Gasteiger partial charge in [-0.2, -0.15) is 0 Å². The molecule has 0 amide bonds. The first kappa shape index (κ1) is 13.2. The fourth-order valence-corrected chi connectivity index (χ4v) is 5.10. The summed E-state index contributed by atoms with van der Waals surface area (Å²) in [7, 11) is -0.893. The van der Waals surface area contributed by atoms with Crippen LogP contribution in [0.25, 0.3) is 0 Å². The molecule has 0 unspecified atom stereocenters. The SMILES string of the molecule is CCCNCC(C)(C)C[Si](C)(C)C. The van der Waals surface area contributed by atoms with Gasteiger partial charge in [-0.1, -0.05) is 46.5 Å². The van der Waals surface area contributed by atoms with Crippen LogP contribution < -0.4 is 5.32 Å². The third-order valence-corrected chi connectivity index (χ3v) is 4.06. The summed E-state index contributed by atoms with van der Waals surface area (Å²) in [4.78, 5) is 0. The third-order valence-electron chi connectivity index (χ3n) is 2.04. The highest BCUT2D eigenvalue weighted by Crippen LogP contribution is 2.27. The molecular weight excluding hydrogens is 174 g/mol. The molecule has 0 aliphatic rings. The summed E-state index contributed by atoms with van der Waals surface area (Å²) in [5.41, 5.74) is 0.486. The maximum atomic E-state index is 3.52. The molecule has 0 fully saturated rings. The van der Waals surface area contributed by atoms with Crippen molar-refractivity contribution in [2.24, 2.45) is 5.41 Å². The van der Waals surface area contributed by atoms with E-state index in [4.69, 9.17) is 0 Å². The van der Waals surface area contributed by atoms with Crippen LogP contribution in [0.4, 0.5) is 0 Å². The summed E-state index contributed by atoms with van der Waals surface area (Å²) >= 11 is 0. The van der Waals surface area contributed by atoms with Crippen molar-refractivity contribution in [3.63, 3.8) is 0 Å². The van der Waals surface area contributed by atoms with Gasteiger partial charge < -0.3 is 5.32 Å². The Morgan fingerprint density at radius 2 is 1.69 bits per heavy atom. The summed E-state index contributed by atoms with van der Waals surface area (Å²) in [5.74, 6) is 0. The summed E-state index contributed by atoms with van der Waals surface area (Å²) in [6.07, 6.45) is 1.24. The van der Waals surface area contributed by atoms with Crippen molar-refractivity contribution in [2.45, 2.75) is 52.9 Å². The molecular formula is C11H27NSi. The highest BCUT2D eigenvalue weighted by Gasteiger charge is 2.25. The molecule has 0 radical (unpaired) electrons. The van der Waals surface area contributed by atoms with Gasteiger partial charge in [-0.05, 0) is 24.9 Å². The van der Waals surface area contributed by atoms with E-state index in [1.54, 1.807) is 0 Å². The van der Waals surface area contributed by atoms with Crippen molar-refractivity contribution in [3.8, 4) is 0 Å². The zero-order chi connectivity index (χ0) is 10.5. The Kier molecular flexibility index (Phi) is 5.23. The molecule has 1 nitrogen and oxygen atoms in total. The number of nitrogens with one attached hydrogen (secondary N) is 1. The van der Waals surface area contributed by atoms with Gasteiger partial charge in [-0.25, -0.2) is 0 Å². The van der Waals surface area contributed by atoms with Crippen molar-refractivity contribution in [1.29, 1.82) is 0 Å². The van der Waals surface area contributed by atoms with Crippen LogP contribution in [0.15, 0.2) is 0 Å². The second-order valence-electron chi connectivity index (χ2n) is 6.08. The Balaban J connectivity index is 3.80. The van der Waals surface area contributed by atoms with Crippen LogP contribution in [0, 0.1) is 5.41 Å². The molecule has 13 heavy (non-hydrogen) atoms. The standard InChI is InChI=1S/C11H27NSi/c1-7-8-12-9-11(2,3)10-13(4,5)6/h12H,7-10H2,1-6H3. The quantitative estimate of drug-likeness (QED) is 0.513. The average molecular weight is 201 g/mol. The fraction of sp³-hybridized carbons (Fsp3) is 1.00. The van der Waals surface area contributed by atoms with Crippen molar-refractivity contribution < 1.29 is 0 Å². The first-order chi connectivity index (χ1) is 5.77. The highest BCUT2D eigenvalue weighted by atomic mass is 28.3. The average Bonchev–Trinajstić information content (AvgIpc) is 1.81. The van der Waals surface area contributed by atoms with Gasteiger partial charge in [0.2, 0.25) is 0 Å². The summed E-state index contributed by atoms with van der Waals surface area (Å²) in [6.45, 7) is 16.7. The van der Waals surface area contributed by atoms with Gasteiger partial charge in [0.25, 0.3) is 0 Å². The lowest BCUT2D eigenvalue weighted by atomic mass is 9.96. The molecule has 0 aromatic heterocycles. The Morgan fingerprint density at radius 1 is 1.15 bits per heavy atom. The van der Waals surface area contributed by atoms with E-state index in [9.17, 15) is 0 Å². The molecule has 80 valence electrons. The van der Waals surface area contributed by atoms with E-state index in [0.717, 1.165) is 6.54 Å². The largest absolute Gasteiger partial charge is 0.316 e. The molecule has 0 bridgehead atoms. The first-order valence-corrected chi connectivity index (χ1v) is 9.18. The number of hydrogen-bond acceptors (Lipinski definition) is 1. The van der Waals surface area contributed by atoms with Crippen LogP contribution in [0.3, 0.4) is 0 Å². The molecule has 0 aliphatic carbocycles. The first-order valence-electron chi connectivity index (χ1n) is 5.47. The molecule has 2 heteroatoms. The lowest BCUT2D eigenvalue weighted by molar-refractivity contribution is 0.376. The molecule has 0 rings (SSSR count). The molecule has 0 saturated carbocycles. The Bertz CT molecular complexity index is 136. The number of hydrogen-bond donors (Lipinski definition) is 1. The van der Waals surface area contributed by atoms with Crippen molar-refractivity contribution in [2.75, 3.05) is 13.1 Å². The lowest BCUT2D eigenvalue weighted by Crippen LogP contribution is -2.36. The zero-order valence-corrected chi connectivity index (χ0v) is 11.3. The van der Waals surface area contributed by atoms with Crippen molar-refractivity contribution in [1.82, 2.24) is 5.32 Å². The lowest BCUT2D eigenvalue weighted by Gasteiger charge is -2.31. The van der Waals surface area contributed by atoms with Crippen molar-refractivity contribution >= 4 is 8.07 Å². The van der Waals surface area contributed by atoms with Crippen LogP contribution in [0.2, 0.25) is 25.7 Å². The summed E-state index contributed by atoms with van der Waals surface area (Å²) in [5, 5.41) is 3.52. The predicted molar refractivity (Wildman–Crippen MR) is 65.1 cm³/mol. The van der Waals surface area contributed by atoms with Crippen LogP contribution >= 0.6 is 0 Å². The van der Waals surface area contributed by atoms with Gasteiger partial charge in [0.1, 0.15) is 0 Å². The minimum atomic E-state index is -0.893. The second-order valence-corrected chi connectivity index (χ2v) is 11.6. The molecule has 0 aromatic carbocycles. The van der Waals surface area contributed by atoms with Gasteiger partial charge in [-0.3, -0.25) is 0 Å². The topological polar surface area (TPSA) is 12.0 Å². The summed E-state index contributed by atoms with van der Waals surface area (Å²) < 4.78 is 0. The fourth-order valence-electron chi connectivity index (χ4n) is 2.10. The molecule has 0 aliphatic heterocycles. The van der Waals surface area contributed by atoms with Gasteiger partial charge in [-0.15, -0.1) is 0 Å². The van der Waals surface area contributed by atoms with Gasteiger partial charge in [0.15, 0.2) is 0 Å². The Hall–Kier alpha value is 0.177. The molecule has 0 spiro atoms. The monoisotopic (exact) mass is 201 g/mol. The molecule has 0 atom stereocenters. The van der Waals surface area contributed by atoms with Gasteiger partial charge in [0.05, 0.1) is 0 Å². The zero-order valence-electron chi connectivity index (χ0n) is 10.3. The molecule has 1 N–H and O–H groups in total. The van der Waals surface area contributed by atoms with Gasteiger partial charge >= 0.3 is 0 Å². The molecule has 0 aromatic rings. The van der Waals surface area contributed by atoms with Crippen LogP contribution in [0.5, 0.6) is 0 Å². The van der Waals surface area contributed by atoms with E-state index in [2.05, 4.69) is 45.7 Å². The smallest absolute Gasteiger partial charge is 0.0448 e. The predicted octanol–water partition coefficient (Wildman–Crippen LogP) is 3.35. The number of rotatable bonds is 6.